The monoisotopic (exact) mass is 333 g/mol. The van der Waals surface area contributed by atoms with Crippen molar-refractivity contribution in [3.63, 3.8) is 0 Å². The van der Waals surface area contributed by atoms with E-state index in [1.54, 1.807) is 4.90 Å². The Morgan fingerprint density at radius 3 is 2.25 bits per heavy atom. The number of nitrogens with one attached hydrogen (secondary N) is 1. The molecule has 5 nitrogen and oxygen atoms in total. The molecular formula is C19H31N3O2. The molecular weight excluding hydrogens is 302 g/mol. The Labute approximate surface area is 146 Å². The van der Waals surface area contributed by atoms with Gasteiger partial charge in [0.05, 0.1) is 0 Å². The van der Waals surface area contributed by atoms with Gasteiger partial charge in [-0.3, -0.25) is 9.59 Å². The van der Waals surface area contributed by atoms with Crippen molar-refractivity contribution < 1.29 is 9.59 Å². The fourth-order valence-corrected chi connectivity index (χ4v) is 2.79. The lowest BCUT2D eigenvalue weighted by atomic mass is 10.1. The van der Waals surface area contributed by atoms with Gasteiger partial charge in [0.15, 0.2) is 0 Å². The number of benzene rings is 1. The molecule has 0 spiro atoms. The van der Waals surface area contributed by atoms with Gasteiger partial charge in [-0.25, -0.2) is 0 Å². The number of amides is 2. The summed E-state index contributed by atoms with van der Waals surface area (Å²) in [5, 5.41) is 2.95. The van der Waals surface area contributed by atoms with Crippen LogP contribution in [-0.2, 0) is 9.59 Å². The van der Waals surface area contributed by atoms with Gasteiger partial charge < -0.3 is 15.1 Å². The van der Waals surface area contributed by atoms with Gasteiger partial charge in [-0.1, -0.05) is 0 Å². The van der Waals surface area contributed by atoms with Crippen molar-refractivity contribution in [3.8, 4) is 0 Å². The first-order valence-electron chi connectivity index (χ1n) is 8.72. The summed E-state index contributed by atoms with van der Waals surface area (Å²) >= 11 is 0. The molecule has 0 aromatic heterocycles. The fourth-order valence-electron chi connectivity index (χ4n) is 2.79. The summed E-state index contributed by atoms with van der Waals surface area (Å²) in [5.41, 5.74) is 3.04. The molecule has 0 aliphatic rings. The second-order valence-corrected chi connectivity index (χ2v) is 6.28. The molecule has 0 saturated heterocycles. The van der Waals surface area contributed by atoms with Crippen LogP contribution in [0.15, 0.2) is 18.2 Å². The van der Waals surface area contributed by atoms with Crippen molar-refractivity contribution in [2.75, 3.05) is 29.9 Å². The number of nitrogens with zero attached hydrogens (tertiary/aromatic N) is 2. The molecule has 0 unspecified atom stereocenters. The molecule has 1 aromatic carbocycles. The van der Waals surface area contributed by atoms with E-state index < -0.39 is 0 Å². The van der Waals surface area contributed by atoms with Gasteiger partial charge >= 0.3 is 0 Å². The van der Waals surface area contributed by atoms with Crippen molar-refractivity contribution in [3.05, 3.63) is 23.8 Å². The molecule has 0 bridgehead atoms. The maximum absolute atomic E-state index is 12.2. The quantitative estimate of drug-likeness (QED) is 0.793. The summed E-state index contributed by atoms with van der Waals surface area (Å²) in [7, 11) is 0. The van der Waals surface area contributed by atoms with Gasteiger partial charge in [-0.2, -0.15) is 0 Å². The second-order valence-electron chi connectivity index (χ2n) is 6.28. The average molecular weight is 333 g/mol. The molecule has 0 heterocycles. The first-order chi connectivity index (χ1) is 11.3. The average Bonchev–Trinajstić information content (AvgIpc) is 2.50. The van der Waals surface area contributed by atoms with Crippen LogP contribution in [0.1, 0.15) is 46.6 Å². The molecule has 1 rings (SSSR count). The zero-order chi connectivity index (χ0) is 18.3. The van der Waals surface area contributed by atoms with Crippen LogP contribution in [-0.4, -0.2) is 42.4 Å². The van der Waals surface area contributed by atoms with Crippen LogP contribution in [0, 0.1) is 6.92 Å². The molecule has 0 radical (unpaired) electrons. The summed E-state index contributed by atoms with van der Waals surface area (Å²) in [6, 6.07) is 6.18. The molecule has 24 heavy (non-hydrogen) atoms. The maximum atomic E-state index is 12.2. The minimum absolute atomic E-state index is 0.00226. The van der Waals surface area contributed by atoms with Crippen LogP contribution >= 0.6 is 0 Å². The molecule has 134 valence electrons. The van der Waals surface area contributed by atoms with E-state index in [-0.39, 0.29) is 17.9 Å². The Morgan fingerprint density at radius 2 is 1.79 bits per heavy atom. The van der Waals surface area contributed by atoms with Crippen LogP contribution < -0.4 is 10.2 Å². The summed E-state index contributed by atoms with van der Waals surface area (Å²) < 4.78 is 0. The molecule has 0 saturated carbocycles. The Kier molecular flexibility index (Phi) is 7.75. The molecule has 1 N–H and O–H groups in total. The van der Waals surface area contributed by atoms with Crippen molar-refractivity contribution in [2.24, 2.45) is 0 Å². The molecule has 0 atom stereocenters. The second kappa shape index (κ2) is 9.30. The van der Waals surface area contributed by atoms with Gasteiger partial charge in [-0.15, -0.1) is 0 Å². The number of hydrogen-bond donors (Lipinski definition) is 1. The van der Waals surface area contributed by atoms with Gasteiger partial charge in [0.2, 0.25) is 11.8 Å². The lowest BCUT2D eigenvalue weighted by molar-refractivity contribution is -0.130. The van der Waals surface area contributed by atoms with Crippen molar-refractivity contribution >= 4 is 23.2 Å². The van der Waals surface area contributed by atoms with Crippen molar-refractivity contribution in [1.29, 1.82) is 0 Å². The third-order valence-corrected chi connectivity index (χ3v) is 4.22. The van der Waals surface area contributed by atoms with E-state index in [1.165, 1.54) is 6.92 Å². The minimum atomic E-state index is -0.0689. The van der Waals surface area contributed by atoms with Crippen LogP contribution in [0.3, 0.4) is 0 Å². The Hall–Kier alpha value is -2.04. The largest absolute Gasteiger partial charge is 0.372 e. The predicted molar refractivity (Wildman–Crippen MR) is 101 cm³/mol. The van der Waals surface area contributed by atoms with E-state index in [4.69, 9.17) is 0 Å². The first kappa shape index (κ1) is 20.0. The highest BCUT2D eigenvalue weighted by atomic mass is 16.2. The Bertz CT molecular complexity index is 566. The standard InChI is InChI=1S/C19H31N3O2/c1-7-21(8-2)17-9-10-18(15(5)13-17)20-19(24)11-12-22(14(3)4)16(6)23/h9-10,13-14H,7-8,11-12H2,1-6H3,(H,20,24). The summed E-state index contributed by atoms with van der Waals surface area (Å²) in [5.74, 6) is -0.0712. The van der Waals surface area contributed by atoms with Gasteiger partial charge in [0.1, 0.15) is 0 Å². The Morgan fingerprint density at radius 1 is 1.17 bits per heavy atom. The fraction of sp³-hybridized carbons (Fsp3) is 0.579. The Balaban J connectivity index is 2.69. The zero-order valence-electron chi connectivity index (χ0n) is 15.8. The molecule has 2 amide bonds. The van der Waals surface area contributed by atoms with Gasteiger partial charge in [0, 0.05) is 50.4 Å². The van der Waals surface area contributed by atoms with Crippen LogP contribution in [0.25, 0.3) is 0 Å². The van der Waals surface area contributed by atoms with Crippen LogP contribution in [0.5, 0.6) is 0 Å². The maximum Gasteiger partial charge on any atom is 0.226 e. The van der Waals surface area contributed by atoms with Gasteiger partial charge in [-0.05, 0) is 58.4 Å². The van der Waals surface area contributed by atoms with E-state index in [2.05, 4.69) is 30.1 Å². The third kappa shape index (κ3) is 5.55. The van der Waals surface area contributed by atoms with E-state index >= 15 is 0 Å². The van der Waals surface area contributed by atoms with Crippen molar-refractivity contribution in [1.82, 2.24) is 4.90 Å². The smallest absolute Gasteiger partial charge is 0.226 e. The molecule has 1 aromatic rings. The number of anilines is 2. The van der Waals surface area contributed by atoms with Crippen LogP contribution in [0.2, 0.25) is 0 Å². The predicted octanol–water partition coefficient (Wildman–Crippen LogP) is 3.43. The third-order valence-electron chi connectivity index (χ3n) is 4.22. The molecule has 0 aliphatic carbocycles. The van der Waals surface area contributed by atoms with Crippen molar-refractivity contribution in [2.45, 2.75) is 54.0 Å². The lowest BCUT2D eigenvalue weighted by Gasteiger charge is -2.25. The number of hydrogen-bond acceptors (Lipinski definition) is 3. The number of carbonyl (C=O) groups excluding carboxylic acids is 2. The summed E-state index contributed by atoms with van der Waals surface area (Å²) in [6.07, 6.45) is 0.301. The number of rotatable bonds is 8. The van der Waals surface area contributed by atoms with E-state index in [1.807, 2.05) is 32.9 Å². The highest BCUT2D eigenvalue weighted by Gasteiger charge is 2.15. The SMILES string of the molecule is CCN(CC)c1ccc(NC(=O)CCN(C(C)=O)C(C)C)c(C)c1. The number of carbonyl (C=O) groups is 2. The normalized spacial score (nSPS) is 10.6. The van der Waals surface area contributed by atoms with E-state index in [0.717, 1.165) is 30.0 Å². The molecule has 0 aliphatic heterocycles. The van der Waals surface area contributed by atoms with Gasteiger partial charge in [0.25, 0.3) is 0 Å². The highest BCUT2D eigenvalue weighted by Crippen LogP contribution is 2.22. The minimum Gasteiger partial charge on any atom is -0.372 e. The van der Waals surface area contributed by atoms with E-state index in [9.17, 15) is 9.59 Å². The summed E-state index contributed by atoms with van der Waals surface area (Å²) in [4.78, 5) is 27.7. The highest BCUT2D eigenvalue weighted by molar-refractivity contribution is 5.92. The number of aryl methyl sites for hydroxylation is 1. The lowest BCUT2D eigenvalue weighted by Crippen LogP contribution is -2.37. The first-order valence-corrected chi connectivity index (χ1v) is 8.72. The topological polar surface area (TPSA) is 52.7 Å². The molecule has 0 fully saturated rings. The molecule has 5 heteroatoms. The van der Waals surface area contributed by atoms with Crippen LogP contribution in [0.4, 0.5) is 11.4 Å². The zero-order valence-corrected chi connectivity index (χ0v) is 15.8. The van der Waals surface area contributed by atoms with E-state index in [0.29, 0.717) is 13.0 Å². The summed E-state index contributed by atoms with van der Waals surface area (Å²) in [6.45, 7) is 14.1.